The number of nitrogen functional groups attached to an aromatic ring is 1. The quantitative estimate of drug-likeness (QED) is 0.367. The van der Waals surface area contributed by atoms with Crippen LogP contribution in [0.3, 0.4) is 0 Å². The van der Waals surface area contributed by atoms with Crippen molar-refractivity contribution in [2.75, 3.05) is 5.84 Å². The molecule has 0 saturated carbocycles. The van der Waals surface area contributed by atoms with E-state index in [4.69, 9.17) is 10.4 Å². The fraction of sp³-hybridized carbons (Fsp3) is 0.111. The van der Waals surface area contributed by atoms with Gasteiger partial charge in [0.15, 0.2) is 5.82 Å². The summed E-state index contributed by atoms with van der Waals surface area (Å²) in [6, 6.07) is 15.7. The van der Waals surface area contributed by atoms with E-state index in [-0.39, 0.29) is 0 Å². The SMILES string of the molecule is Cc1ccc(-c2nnc(SCc3nc(-c4cccc(Br)c4)no3)n2N)cc1. The van der Waals surface area contributed by atoms with Crippen molar-refractivity contribution in [3.05, 3.63) is 64.5 Å². The molecule has 2 N–H and O–H groups in total. The minimum atomic E-state index is 0.449. The highest BCUT2D eigenvalue weighted by molar-refractivity contribution is 9.10. The Morgan fingerprint density at radius 1 is 1.11 bits per heavy atom. The van der Waals surface area contributed by atoms with Crippen LogP contribution in [0.1, 0.15) is 11.5 Å². The van der Waals surface area contributed by atoms with Crippen molar-refractivity contribution in [3.8, 4) is 22.8 Å². The Bertz CT molecular complexity index is 1080. The third-order valence-corrected chi connectivity index (χ3v) is 5.27. The van der Waals surface area contributed by atoms with E-state index >= 15 is 0 Å². The van der Waals surface area contributed by atoms with E-state index in [0.717, 1.165) is 15.6 Å². The standard InChI is InChI=1S/C18H15BrN6OS/c1-11-5-7-12(8-6-11)17-22-23-18(25(17)20)27-10-15-21-16(24-26-15)13-3-2-4-14(19)9-13/h2-9H,10,20H2,1H3. The number of aromatic nitrogens is 5. The molecular formula is C18H15BrN6OS. The Morgan fingerprint density at radius 2 is 1.93 bits per heavy atom. The van der Waals surface area contributed by atoms with Crippen molar-refractivity contribution >= 4 is 27.7 Å². The molecule has 4 aromatic rings. The first-order chi connectivity index (χ1) is 13.1. The molecule has 4 rings (SSSR count). The molecule has 7 nitrogen and oxygen atoms in total. The van der Waals surface area contributed by atoms with E-state index in [1.165, 1.54) is 22.0 Å². The molecule has 0 bridgehead atoms. The lowest BCUT2D eigenvalue weighted by Crippen LogP contribution is -2.11. The molecule has 9 heteroatoms. The molecule has 0 aliphatic heterocycles. The molecule has 0 spiro atoms. The number of thioether (sulfide) groups is 1. The van der Waals surface area contributed by atoms with Crippen LogP contribution in [-0.4, -0.2) is 25.0 Å². The Labute approximate surface area is 168 Å². The summed E-state index contributed by atoms with van der Waals surface area (Å²) in [5.41, 5.74) is 2.97. The zero-order valence-corrected chi connectivity index (χ0v) is 16.7. The Kier molecular flexibility index (Phi) is 4.95. The van der Waals surface area contributed by atoms with Gasteiger partial charge >= 0.3 is 0 Å². The van der Waals surface area contributed by atoms with Gasteiger partial charge in [0.2, 0.25) is 16.9 Å². The number of benzene rings is 2. The van der Waals surface area contributed by atoms with Crippen LogP contribution < -0.4 is 5.84 Å². The largest absolute Gasteiger partial charge is 0.338 e. The second-order valence-electron chi connectivity index (χ2n) is 5.85. The van der Waals surface area contributed by atoms with Crippen LogP contribution in [-0.2, 0) is 5.75 Å². The van der Waals surface area contributed by atoms with Crippen molar-refractivity contribution in [1.29, 1.82) is 0 Å². The smallest absolute Gasteiger partial charge is 0.237 e. The van der Waals surface area contributed by atoms with Crippen molar-refractivity contribution < 1.29 is 4.52 Å². The normalized spacial score (nSPS) is 11.0. The fourth-order valence-electron chi connectivity index (χ4n) is 2.46. The van der Waals surface area contributed by atoms with Gasteiger partial charge in [-0.05, 0) is 19.1 Å². The summed E-state index contributed by atoms with van der Waals surface area (Å²) in [6.45, 7) is 2.03. The maximum atomic E-state index is 6.15. The molecule has 2 aromatic carbocycles. The van der Waals surface area contributed by atoms with E-state index in [9.17, 15) is 0 Å². The van der Waals surface area contributed by atoms with E-state index in [1.807, 2.05) is 55.5 Å². The van der Waals surface area contributed by atoms with Gasteiger partial charge in [0, 0.05) is 15.6 Å². The highest BCUT2D eigenvalue weighted by Gasteiger charge is 2.15. The number of halogens is 1. The lowest BCUT2D eigenvalue weighted by molar-refractivity contribution is 0.391. The molecule has 0 fully saturated rings. The van der Waals surface area contributed by atoms with Gasteiger partial charge in [-0.2, -0.15) is 4.98 Å². The van der Waals surface area contributed by atoms with Crippen molar-refractivity contribution in [1.82, 2.24) is 25.0 Å². The van der Waals surface area contributed by atoms with Gasteiger partial charge in [0.05, 0.1) is 5.75 Å². The van der Waals surface area contributed by atoms with Crippen LogP contribution in [0.15, 0.2) is 62.7 Å². The van der Waals surface area contributed by atoms with E-state index in [1.54, 1.807) is 0 Å². The summed E-state index contributed by atoms with van der Waals surface area (Å²) in [6.07, 6.45) is 0. The van der Waals surface area contributed by atoms with Gasteiger partial charge in [-0.15, -0.1) is 10.2 Å². The third kappa shape index (κ3) is 3.88. The highest BCUT2D eigenvalue weighted by Crippen LogP contribution is 2.26. The fourth-order valence-corrected chi connectivity index (χ4v) is 3.55. The third-order valence-electron chi connectivity index (χ3n) is 3.85. The zero-order valence-electron chi connectivity index (χ0n) is 14.3. The maximum Gasteiger partial charge on any atom is 0.237 e. The predicted octanol–water partition coefficient (Wildman–Crippen LogP) is 4.07. The molecule has 27 heavy (non-hydrogen) atoms. The zero-order chi connectivity index (χ0) is 18.8. The molecule has 2 heterocycles. The Balaban J connectivity index is 1.47. The van der Waals surface area contributed by atoms with Crippen LogP contribution in [0.2, 0.25) is 0 Å². The van der Waals surface area contributed by atoms with Gasteiger partial charge in [-0.25, -0.2) is 4.68 Å². The van der Waals surface area contributed by atoms with Crippen molar-refractivity contribution in [2.45, 2.75) is 17.8 Å². The number of nitrogens with zero attached hydrogens (tertiary/aromatic N) is 5. The summed E-state index contributed by atoms with van der Waals surface area (Å²) in [7, 11) is 0. The summed E-state index contributed by atoms with van der Waals surface area (Å²) in [5.74, 6) is 8.25. The molecule has 0 aliphatic rings. The first kappa shape index (κ1) is 17.7. The van der Waals surface area contributed by atoms with Gasteiger partial charge in [0.25, 0.3) is 0 Å². The van der Waals surface area contributed by atoms with Crippen molar-refractivity contribution in [2.24, 2.45) is 0 Å². The minimum Gasteiger partial charge on any atom is -0.338 e. The van der Waals surface area contributed by atoms with E-state index in [0.29, 0.717) is 28.4 Å². The molecule has 0 unspecified atom stereocenters. The summed E-state index contributed by atoms with van der Waals surface area (Å²) in [4.78, 5) is 4.42. The van der Waals surface area contributed by atoms with Crippen molar-refractivity contribution in [3.63, 3.8) is 0 Å². The van der Waals surface area contributed by atoms with Crippen LogP contribution in [0.5, 0.6) is 0 Å². The van der Waals surface area contributed by atoms with Crippen LogP contribution in [0, 0.1) is 6.92 Å². The molecule has 2 aromatic heterocycles. The number of nitrogens with two attached hydrogens (primary N) is 1. The second kappa shape index (κ2) is 7.53. The lowest BCUT2D eigenvalue weighted by atomic mass is 10.1. The second-order valence-corrected chi connectivity index (χ2v) is 7.71. The predicted molar refractivity (Wildman–Crippen MR) is 107 cm³/mol. The highest BCUT2D eigenvalue weighted by atomic mass is 79.9. The summed E-state index contributed by atoms with van der Waals surface area (Å²) < 4.78 is 7.76. The Morgan fingerprint density at radius 3 is 2.70 bits per heavy atom. The van der Waals surface area contributed by atoms with Crippen LogP contribution in [0.4, 0.5) is 0 Å². The maximum absolute atomic E-state index is 6.15. The average Bonchev–Trinajstić information content (AvgIpc) is 3.28. The molecule has 0 atom stereocenters. The number of rotatable bonds is 5. The van der Waals surface area contributed by atoms with Gasteiger partial charge in [0.1, 0.15) is 0 Å². The first-order valence-corrected chi connectivity index (χ1v) is 9.87. The lowest BCUT2D eigenvalue weighted by Gasteiger charge is -2.03. The number of hydrogen-bond donors (Lipinski definition) is 1. The first-order valence-electron chi connectivity index (χ1n) is 8.09. The summed E-state index contributed by atoms with van der Waals surface area (Å²) >= 11 is 4.83. The van der Waals surface area contributed by atoms with E-state index < -0.39 is 0 Å². The Hall–Kier alpha value is -2.65. The average molecular weight is 443 g/mol. The monoisotopic (exact) mass is 442 g/mol. The molecule has 0 saturated heterocycles. The summed E-state index contributed by atoms with van der Waals surface area (Å²) in [5, 5.41) is 13.0. The minimum absolute atomic E-state index is 0.449. The van der Waals surface area contributed by atoms with Gasteiger partial charge in [-0.1, -0.05) is 74.8 Å². The van der Waals surface area contributed by atoms with E-state index in [2.05, 4.69) is 36.3 Å². The van der Waals surface area contributed by atoms with Crippen LogP contribution >= 0.6 is 27.7 Å². The molecule has 0 radical (unpaired) electrons. The van der Waals surface area contributed by atoms with Gasteiger partial charge in [-0.3, -0.25) is 0 Å². The molecule has 136 valence electrons. The van der Waals surface area contributed by atoms with Gasteiger partial charge < -0.3 is 10.4 Å². The number of aryl methyl sites for hydroxylation is 1. The topological polar surface area (TPSA) is 95.6 Å². The van der Waals surface area contributed by atoms with Crippen LogP contribution in [0.25, 0.3) is 22.8 Å². The molecule has 0 amide bonds. The number of hydrogen-bond acceptors (Lipinski definition) is 7. The molecular weight excluding hydrogens is 428 g/mol. The molecule has 0 aliphatic carbocycles.